The Morgan fingerprint density at radius 2 is 2.05 bits per heavy atom. The summed E-state index contributed by atoms with van der Waals surface area (Å²) in [6.07, 6.45) is 1.50. The summed E-state index contributed by atoms with van der Waals surface area (Å²) in [5, 5.41) is 6.54. The second kappa shape index (κ2) is 7.81. The van der Waals surface area contributed by atoms with Crippen LogP contribution in [-0.4, -0.2) is 49.4 Å². The summed E-state index contributed by atoms with van der Waals surface area (Å²) in [5.41, 5.74) is 0.448. The summed E-state index contributed by atoms with van der Waals surface area (Å²) >= 11 is 11.8. The van der Waals surface area contributed by atoms with E-state index in [1.54, 1.807) is 23.1 Å². The molecule has 2 rings (SSSR count). The van der Waals surface area contributed by atoms with Crippen molar-refractivity contribution >= 4 is 35.0 Å². The number of nitrogens with one attached hydrogen (secondary N) is 2. The van der Waals surface area contributed by atoms with Gasteiger partial charge in [0.05, 0.1) is 10.0 Å². The number of likely N-dealkylation sites (tertiary alicyclic amines) is 1. The SMILES string of the molecule is CNCCNC(=O)C1CCCN1C(=O)c1ccc(Cl)c(Cl)c1. The number of nitrogens with zero attached hydrogens (tertiary/aromatic N) is 1. The summed E-state index contributed by atoms with van der Waals surface area (Å²) in [7, 11) is 1.82. The van der Waals surface area contributed by atoms with E-state index in [0.29, 0.717) is 41.7 Å². The van der Waals surface area contributed by atoms with E-state index >= 15 is 0 Å². The highest BCUT2D eigenvalue weighted by molar-refractivity contribution is 6.42. The Labute approximate surface area is 139 Å². The number of likely N-dealkylation sites (N-methyl/N-ethyl adjacent to an activating group) is 1. The second-order valence-electron chi connectivity index (χ2n) is 5.18. The lowest BCUT2D eigenvalue weighted by Crippen LogP contribution is -2.47. The molecule has 0 radical (unpaired) electrons. The van der Waals surface area contributed by atoms with Gasteiger partial charge in [-0.15, -0.1) is 0 Å². The third-order valence-electron chi connectivity index (χ3n) is 3.66. The van der Waals surface area contributed by atoms with Gasteiger partial charge in [-0.25, -0.2) is 0 Å². The standard InChI is InChI=1S/C15H19Cl2N3O2/c1-18-6-7-19-14(21)13-3-2-8-20(13)15(22)10-4-5-11(16)12(17)9-10/h4-5,9,13,18H,2-3,6-8H2,1H3,(H,19,21). The van der Waals surface area contributed by atoms with Gasteiger partial charge < -0.3 is 15.5 Å². The lowest BCUT2D eigenvalue weighted by Gasteiger charge is -2.24. The summed E-state index contributed by atoms with van der Waals surface area (Å²) in [4.78, 5) is 26.4. The van der Waals surface area contributed by atoms with Crippen molar-refractivity contribution in [3.63, 3.8) is 0 Å². The van der Waals surface area contributed by atoms with Crippen molar-refractivity contribution in [2.24, 2.45) is 0 Å². The zero-order valence-corrected chi connectivity index (χ0v) is 13.9. The fraction of sp³-hybridized carbons (Fsp3) is 0.467. The molecule has 2 N–H and O–H groups in total. The average Bonchev–Trinajstić information content (AvgIpc) is 2.99. The molecule has 0 aliphatic carbocycles. The number of rotatable bonds is 5. The summed E-state index contributed by atoms with van der Waals surface area (Å²) in [5.74, 6) is -0.300. The fourth-order valence-corrected chi connectivity index (χ4v) is 2.80. The van der Waals surface area contributed by atoms with Gasteiger partial charge in [-0.2, -0.15) is 0 Å². The van der Waals surface area contributed by atoms with Crippen LogP contribution in [0, 0.1) is 0 Å². The molecule has 5 nitrogen and oxygen atoms in total. The predicted octanol–water partition coefficient (Wildman–Crippen LogP) is 1.93. The Morgan fingerprint density at radius 3 is 2.73 bits per heavy atom. The van der Waals surface area contributed by atoms with E-state index in [9.17, 15) is 9.59 Å². The highest BCUT2D eigenvalue weighted by Crippen LogP contribution is 2.25. The molecule has 7 heteroatoms. The summed E-state index contributed by atoms with van der Waals surface area (Å²) in [6, 6.07) is 4.35. The molecule has 1 atom stereocenters. The van der Waals surface area contributed by atoms with Crippen molar-refractivity contribution in [1.82, 2.24) is 15.5 Å². The number of hydrogen-bond acceptors (Lipinski definition) is 3. The molecule has 0 aromatic heterocycles. The molecule has 120 valence electrons. The first kappa shape index (κ1) is 17.1. The highest BCUT2D eigenvalue weighted by atomic mass is 35.5. The molecular weight excluding hydrogens is 325 g/mol. The topological polar surface area (TPSA) is 61.4 Å². The first-order chi connectivity index (χ1) is 10.5. The van der Waals surface area contributed by atoms with Crippen LogP contribution in [0.1, 0.15) is 23.2 Å². The first-order valence-corrected chi connectivity index (χ1v) is 7.98. The first-order valence-electron chi connectivity index (χ1n) is 7.23. The Kier molecular flexibility index (Phi) is 6.06. The number of halogens is 2. The number of hydrogen-bond donors (Lipinski definition) is 2. The predicted molar refractivity (Wildman–Crippen MR) is 87.5 cm³/mol. The van der Waals surface area contributed by atoms with Gasteiger partial charge >= 0.3 is 0 Å². The van der Waals surface area contributed by atoms with Gasteiger partial charge in [0, 0.05) is 25.2 Å². The minimum Gasteiger partial charge on any atom is -0.353 e. The summed E-state index contributed by atoms with van der Waals surface area (Å²) in [6.45, 7) is 1.81. The van der Waals surface area contributed by atoms with E-state index in [4.69, 9.17) is 23.2 Å². The number of amides is 2. The van der Waals surface area contributed by atoms with Crippen LogP contribution in [0.5, 0.6) is 0 Å². The van der Waals surface area contributed by atoms with Crippen LogP contribution in [-0.2, 0) is 4.79 Å². The Balaban J connectivity index is 2.07. The molecule has 1 aliphatic rings. The van der Waals surface area contributed by atoms with Crippen molar-refractivity contribution in [2.45, 2.75) is 18.9 Å². The Morgan fingerprint density at radius 1 is 1.27 bits per heavy atom. The van der Waals surface area contributed by atoms with E-state index in [1.807, 2.05) is 7.05 Å². The maximum Gasteiger partial charge on any atom is 0.254 e. The normalized spacial score (nSPS) is 17.6. The Bertz CT molecular complexity index is 566. The van der Waals surface area contributed by atoms with Crippen LogP contribution in [0.2, 0.25) is 10.0 Å². The minimum atomic E-state index is -0.418. The maximum absolute atomic E-state index is 12.6. The van der Waals surface area contributed by atoms with Crippen molar-refractivity contribution in [3.8, 4) is 0 Å². The van der Waals surface area contributed by atoms with Gasteiger partial charge in [-0.3, -0.25) is 9.59 Å². The van der Waals surface area contributed by atoms with Gasteiger partial charge in [-0.1, -0.05) is 23.2 Å². The molecular formula is C15H19Cl2N3O2. The van der Waals surface area contributed by atoms with Gasteiger partial charge in [0.2, 0.25) is 5.91 Å². The minimum absolute atomic E-state index is 0.110. The van der Waals surface area contributed by atoms with Crippen molar-refractivity contribution < 1.29 is 9.59 Å². The quantitative estimate of drug-likeness (QED) is 0.803. The van der Waals surface area contributed by atoms with Gasteiger partial charge in [0.25, 0.3) is 5.91 Å². The highest BCUT2D eigenvalue weighted by Gasteiger charge is 2.34. The Hall–Kier alpha value is -1.30. The van der Waals surface area contributed by atoms with Gasteiger partial charge in [0.15, 0.2) is 0 Å². The van der Waals surface area contributed by atoms with Crippen LogP contribution in [0.4, 0.5) is 0 Å². The van der Waals surface area contributed by atoms with Crippen molar-refractivity contribution in [1.29, 1.82) is 0 Å². The van der Waals surface area contributed by atoms with E-state index in [0.717, 1.165) is 6.42 Å². The molecule has 22 heavy (non-hydrogen) atoms. The van der Waals surface area contributed by atoms with Crippen LogP contribution >= 0.6 is 23.2 Å². The zero-order valence-electron chi connectivity index (χ0n) is 12.4. The van der Waals surface area contributed by atoms with E-state index in [-0.39, 0.29) is 11.8 Å². The maximum atomic E-state index is 12.6. The third kappa shape index (κ3) is 3.91. The van der Waals surface area contributed by atoms with Crippen LogP contribution in [0.3, 0.4) is 0 Å². The molecule has 1 aromatic carbocycles. The summed E-state index contributed by atoms with van der Waals surface area (Å²) < 4.78 is 0. The van der Waals surface area contributed by atoms with Gasteiger partial charge in [0.1, 0.15) is 6.04 Å². The molecule has 1 unspecified atom stereocenters. The van der Waals surface area contributed by atoms with E-state index in [1.165, 1.54) is 0 Å². The second-order valence-corrected chi connectivity index (χ2v) is 5.99. The van der Waals surface area contributed by atoms with E-state index in [2.05, 4.69) is 10.6 Å². The smallest absolute Gasteiger partial charge is 0.254 e. The van der Waals surface area contributed by atoms with Crippen LogP contribution < -0.4 is 10.6 Å². The largest absolute Gasteiger partial charge is 0.353 e. The van der Waals surface area contributed by atoms with Crippen LogP contribution in [0.15, 0.2) is 18.2 Å². The third-order valence-corrected chi connectivity index (χ3v) is 4.40. The number of benzene rings is 1. The molecule has 1 aliphatic heterocycles. The van der Waals surface area contributed by atoms with E-state index < -0.39 is 6.04 Å². The molecule has 1 heterocycles. The molecule has 0 spiro atoms. The lowest BCUT2D eigenvalue weighted by molar-refractivity contribution is -0.124. The number of carbonyl (C=O) groups is 2. The van der Waals surface area contributed by atoms with Crippen molar-refractivity contribution in [3.05, 3.63) is 33.8 Å². The zero-order chi connectivity index (χ0) is 16.1. The van der Waals surface area contributed by atoms with Crippen LogP contribution in [0.25, 0.3) is 0 Å². The van der Waals surface area contributed by atoms with Crippen molar-refractivity contribution in [2.75, 3.05) is 26.7 Å². The molecule has 1 fully saturated rings. The molecule has 0 bridgehead atoms. The van der Waals surface area contributed by atoms with Gasteiger partial charge in [-0.05, 0) is 38.1 Å². The molecule has 1 aromatic rings. The molecule has 0 saturated carbocycles. The monoisotopic (exact) mass is 343 g/mol. The fourth-order valence-electron chi connectivity index (χ4n) is 2.51. The number of carbonyl (C=O) groups excluding carboxylic acids is 2. The molecule has 1 saturated heterocycles. The average molecular weight is 344 g/mol. The lowest BCUT2D eigenvalue weighted by atomic mass is 10.1. The molecule has 2 amide bonds.